The first-order valence-corrected chi connectivity index (χ1v) is 14.5. The molecule has 8 heteroatoms. The van der Waals surface area contributed by atoms with Crippen LogP contribution in [0.1, 0.15) is 49.9 Å². The van der Waals surface area contributed by atoms with E-state index in [1.165, 1.54) is 4.90 Å². The Balaban J connectivity index is 2.07. The normalized spacial score (nSPS) is 12.5. The summed E-state index contributed by atoms with van der Waals surface area (Å²) in [7, 11) is -4.10. The Bertz CT molecular complexity index is 1410. The first kappa shape index (κ1) is 29.9. The molecule has 7 nitrogen and oxygen atoms in total. The van der Waals surface area contributed by atoms with E-state index >= 15 is 0 Å². The number of rotatable bonds is 9. The minimum absolute atomic E-state index is 0.0925. The van der Waals surface area contributed by atoms with Crippen LogP contribution in [0.3, 0.4) is 0 Å². The van der Waals surface area contributed by atoms with Gasteiger partial charge in [0.05, 0.1) is 10.6 Å². The van der Waals surface area contributed by atoms with Gasteiger partial charge in [0.15, 0.2) is 0 Å². The molecule has 0 fully saturated rings. The quantitative estimate of drug-likeness (QED) is 0.401. The van der Waals surface area contributed by atoms with E-state index in [0.29, 0.717) is 5.69 Å². The molecule has 0 saturated carbocycles. The van der Waals surface area contributed by atoms with Crippen molar-refractivity contribution in [2.75, 3.05) is 10.8 Å². The molecular weight excluding hydrogens is 510 g/mol. The van der Waals surface area contributed by atoms with Gasteiger partial charge in [-0.25, -0.2) is 8.42 Å². The molecule has 1 atom stereocenters. The molecule has 3 aromatic carbocycles. The molecule has 39 heavy (non-hydrogen) atoms. The van der Waals surface area contributed by atoms with Crippen molar-refractivity contribution < 1.29 is 18.0 Å². The Morgan fingerprint density at radius 2 is 1.49 bits per heavy atom. The van der Waals surface area contributed by atoms with Crippen LogP contribution < -0.4 is 9.62 Å². The molecule has 0 aliphatic carbocycles. The lowest BCUT2D eigenvalue weighted by atomic mass is 10.1. The van der Waals surface area contributed by atoms with Gasteiger partial charge in [-0.05, 0) is 83.4 Å². The van der Waals surface area contributed by atoms with Crippen molar-refractivity contribution in [2.45, 2.75) is 71.5 Å². The maximum atomic E-state index is 14.0. The maximum Gasteiger partial charge on any atom is 0.264 e. The van der Waals surface area contributed by atoms with E-state index in [2.05, 4.69) is 5.32 Å². The van der Waals surface area contributed by atoms with Gasteiger partial charge in [0, 0.05) is 12.1 Å². The van der Waals surface area contributed by atoms with Gasteiger partial charge in [0.25, 0.3) is 10.0 Å². The second-order valence-corrected chi connectivity index (χ2v) is 12.8. The van der Waals surface area contributed by atoms with Crippen molar-refractivity contribution in [3.05, 3.63) is 95.1 Å². The number of carbonyl (C=O) groups is 2. The molecule has 0 saturated heterocycles. The summed E-state index contributed by atoms with van der Waals surface area (Å²) < 4.78 is 29.1. The minimum atomic E-state index is -4.10. The number of nitrogens with zero attached hydrogens (tertiary/aromatic N) is 2. The maximum absolute atomic E-state index is 14.0. The van der Waals surface area contributed by atoms with Crippen molar-refractivity contribution in [2.24, 2.45) is 0 Å². The average molecular weight is 550 g/mol. The predicted octanol–water partition coefficient (Wildman–Crippen LogP) is 5.14. The summed E-state index contributed by atoms with van der Waals surface area (Å²) in [5.74, 6) is -0.793. The third-order valence-corrected chi connectivity index (χ3v) is 8.37. The fourth-order valence-corrected chi connectivity index (χ4v) is 5.67. The summed E-state index contributed by atoms with van der Waals surface area (Å²) in [5, 5.41) is 2.94. The predicted molar refractivity (Wildman–Crippen MR) is 156 cm³/mol. The fourth-order valence-electron chi connectivity index (χ4n) is 4.19. The van der Waals surface area contributed by atoms with Crippen LogP contribution in [0.2, 0.25) is 0 Å². The molecule has 1 unspecified atom stereocenters. The van der Waals surface area contributed by atoms with Crippen LogP contribution in [-0.4, -0.2) is 43.3 Å². The van der Waals surface area contributed by atoms with E-state index in [0.717, 1.165) is 26.6 Å². The smallest absolute Gasteiger partial charge is 0.264 e. The highest BCUT2D eigenvalue weighted by molar-refractivity contribution is 7.92. The summed E-state index contributed by atoms with van der Waals surface area (Å²) in [5.41, 5.74) is 3.36. The zero-order chi connectivity index (χ0) is 29.0. The number of hydrogen-bond donors (Lipinski definition) is 1. The van der Waals surface area contributed by atoms with Gasteiger partial charge in [0.2, 0.25) is 11.8 Å². The van der Waals surface area contributed by atoms with Gasteiger partial charge in [0.1, 0.15) is 12.6 Å². The molecule has 0 aliphatic rings. The van der Waals surface area contributed by atoms with Crippen LogP contribution >= 0.6 is 0 Å². The van der Waals surface area contributed by atoms with Crippen LogP contribution in [-0.2, 0) is 26.2 Å². The third kappa shape index (κ3) is 7.47. The zero-order valence-corrected chi connectivity index (χ0v) is 24.7. The van der Waals surface area contributed by atoms with Crippen molar-refractivity contribution >= 4 is 27.5 Å². The largest absolute Gasteiger partial charge is 0.350 e. The van der Waals surface area contributed by atoms with Crippen LogP contribution in [0.25, 0.3) is 0 Å². The van der Waals surface area contributed by atoms with E-state index in [4.69, 9.17) is 0 Å². The van der Waals surface area contributed by atoms with Crippen molar-refractivity contribution in [3.8, 4) is 0 Å². The lowest BCUT2D eigenvalue weighted by Crippen LogP contribution is -2.54. The molecule has 0 heterocycles. The van der Waals surface area contributed by atoms with Crippen molar-refractivity contribution in [3.63, 3.8) is 0 Å². The summed E-state index contributed by atoms with van der Waals surface area (Å²) in [4.78, 5) is 28.7. The molecule has 0 bridgehead atoms. The molecular formula is C31H39N3O4S. The summed E-state index contributed by atoms with van der Waals surface area (Å²) in [6.45, 7) is 12.6. The van der Waals surface area contributed by atoms with Gasteiger partial charge in [-0.2, -0.15) is 0 Å². The number of sulfonamides is 1. The molecule has 1 N–H and O–H groups in total. The number of nitrogens with one attached hydrogen (secondary N) is 1. The van der Waals surface area contributed by atoms with E-state index in [-0.39, 0.29) is 17.3 Å². The first-order chi connectivity index (χ1) is 18.2. The molecule has 208 valence electrons. The average Bonchev–Trinajstić information content (AvgIpc) is 2.87. The molecule has 2 amide bonds. The SMILES string of the molecule is Cc1ccc(S(=O)(=O)N(CC(=O)N(Cc2ccccc2)C(C)C(=O)NC(C)(C)C)c2cccc(C)c2C)cc1. The molecule has 0 aliphatic heterocycles. The monoisotopic (exact) mass is 549 g/mol. The van der Waals surface area contributed by atoms with Gasteiger partial charge >= 0.3 is 0 Å². The number of carbonyl (C=O) groups excluding carboxylic acids is 2. The van der Waals surface area contributed by atoms with E-state index < -0.39 is 34.1 Å². The van der Waals surface area contributed by atoms with Gasteiger partial charge in [-0.1, -0.05) is 60.2 Å². The molecule has 3 rings (SSSR count). The number of benzene rings is 3. The molecule has 0 aromatic heterocycles. The number of amides is 2. The van der Waals surface area contributed by atoms with E-state index in [1.54, 1.807) is 43.3 Å². The highest BCUT2D eigenvalue weighted by Gasteiger charge is 2.34. The summed E-state index contributed by atoms with van der Waals surface area (Å²) >= 11 is 0. The van der Waals surface area contributed by atoms with Crippen LogP contribution in [0.4, 0.5) is 5.69 Å². The number of hydrogen-bond acceptors (Lipinski definition) is 4. The summed E-state index contributed by atoms with van der Waals surface area (Å²) in [6.07, 6.45) is 0. The van der Waals surface area contributed by atoms with Crippen LogP contribution in [0.5, 0.6) is 0 Å². The standard InChI is InChI=1S/C31H39N3O4S/c1-22-16-18-27(19-17-22)39(37,38)34(28-15-11-12-23(2)24(28)3)21-29(35)33(20-26-13-9-8-10-14-26)25(4)30(36)32-31(5,6)7/h8-19,25H,20-21H2,1-7H3,(H,32,36). The number of aryl methyl sites for hydroxylation is 2. The van der Waals surface area contributed by atoms with Gasteiger partial charge in [-0.3, -0.25) is 13.9 Å². The van der Waals surface area contributed by atoms with Gasteiger partial charge in [-0.15, -0.1) is 0 Å². The van der Waals surface area contributed by atoms with Crippen molar-refractivity contribution in [1.29, 1.82) is 0 Å². The van der Waals surface area contributed by atoms with E-state index in [1.807, 2.05) is 77.9 Å². The molecule has 3 aromatic rings. The highest BCUT2D eigenvalue weighted by Crippen LogP contribution is 2.29. The minimum Gasteiger partial charge on any atom is -0.350 e. The number of anilines is 1. The second kappa shape index (κ2) is 12.0. The topological polar surface area (TPSA) is 86.8 Å². The van der Waals surface area contributed by atoms with Gasteiger partial charge < -0.3 is 10.2 Å². The molecule has 0 spiro atoms. The fraction of sp³-hybridized carbons (Fsp3) is 0.355. The third-order valence-electron chi connectivity index (χ3n) is 6.59. The Morgan fingerprint density at radius 3 is 2.08 bits per heavy atom. The summed E-state index contributed by atoms with van der Waals surface area (Å²) in [6, 6.07) is 20.5. The first-order valence-electron chi connectivity index (χ1n) is 13.0. The van der Waals surface area contributed by atoms with Crippen LogP contribution in [0, 0.1) is 20.8 Å². The Morgan fingerprint density at radius 1 is 0.872 bits per heavy atom. The van der Waals surface area contributed by atoms with Crippen LogP contribution in [0.15, 0.2) is 77.7 Å². The zero-order valence-electron chi connectivity index (χ0n) is 23.9. The van der Waals surface area contributed by atoms with E-state index in [9.17, 15) is 18.0 Å². The highest BCUT2D eigenvalue weighted by atomic mass is 32.2. The Labute approximate surface area is 232 Å². The Kier molecular flexibility index (Phi) is 9.22. The Hall–Kier alpha value is -3.65. The van der Waals surface area contributed by atoms with Crippen molar-refractivity contribution in [1.82, 2.24) is 10.2 Å². The lowest BCUT2D eigenvalue weighted by molar-refractivity contribution is -0.140. The molecule has 0 radical (unpaired) electrons. The lowest BCUT2D eigenvalue weighted by Gasteiger charge is -2.34. The second-order valence-electron chi connectivity index (χ2n) is 11.0.